The van der Waals surface area contributed by atoms with E-state index in [-0.39, 0.29) is 0 Å². The third-order valence-electron chi connectivity index (χ3n) is 2.69. The molecule has 6 nitrogen and oxygen atoms in total. The summed E-state index contributed by atoms with van der Waals surface area (Å²) in [5.41, 5.74) is 6.29. The zero-order valence-corrected chi connectivity index (χ0v) is 15.0. The lowest BCUT2D eigenvalue weighted by atomic mass is 10.4. The molecule has 0 fully saturated rings. The summed E-state index contributed by atoms with van der Waals surface area (Å²) < 4.78 is 20.7. The minimum atomic E-state index is -2.17. The van der Waals surface area contributed by atoms with Crippen LogP contribution in [0.15, 0.2) is 47.3 Å². The van der Waals surface area contributed by atoms with Crippen molar-refractivity contribution in [3.63, 3.8) is 0 Å². The van der Waals surface area contributed by atoms with E-state index < -0.39 is 6.43 Å². The molecule has 0 saturated carbocycles. The Bertz CT molecular complexity index is 643. The Labute approximate surface area is 150 Å². The smallest absolute Gasteiger partial charge is 0.235 e. The van der Waals surface area contributed by atoms with Gasteiger partial charge in [-0.2, -0.15) is 0 Å². The standard InChI is InChI=1S/C14H18N6S.C2H4F2/c1-16-14-12(3-2-5-19-14)17-6-9-20(8-4-15)11-13-18-7-10-21-13;1-2(3)4/h2-8,10H,9,11,15H2,1H3,(H,16,19);2H,1H3/b8-4-,17-6?;. The number of hydrogen-bond acceptors (Lipinski definition) is 7. The summed E-state index contributed by atoms with van der Waals surface area (Å²) in [5.74, 6) is 0.759. The largest absolute Gasteiger partial charge is 0.403 e. The normalized spacial score (nSPS) is 10.9. The first kappa shape index (κ1) is 20.5. The molecule has 2 heterocycles. The van der Waals surface area contributed by atoms with Crippen LogP contribution in [0.2, 0.25) is 0 Å². The molecule has 0 aliphatic rings. The molecule has 0 aromatic carbocycles. The average molecular weight is 368 g/mol. The third-order valence-corrected chi connectivity index (χ3v) is 3.45. The predicted molar refractivity (Wildman–Crippen MR) is 99.5 cm³/mol. The summed E-state index contributed by atoms with van der Waals surface area (Å²) in [6, 6.07) is 3.78. The number of thiazole rings is 1. The van der Waals surface area contributed by atoms with Gasteiger partial charge in [0.15, 0.2) is 5.82 Å². The average Bonchev–Trinajstić information content (AvgIpc) is 3.08. The van der Waals surface area contributed by atoms with E-state index in [2.05, 4.69) is 20.3 Å². The second kappa shape index (κ2) is 11.9. The fourth-order valence-electron chi connectivity index (χ4n) is 1.74. The lowest BCUT2D eigenvalue weighted by molar-refractivity contribution is 0.171. The minimum absolute atomic E-state index is 0.644. The van der Waals surface area contributed by atoms with E-state index >= 15 is 0 Å². The Kier molecular flexibility index (Phi) is 9.76. The Hall–Kier alpha value is -2.55. The maximum atomic E-state index is 10.3. The molecule has 0 aliphatic heterocycles. The van der Waals surface area contributed by atoms with Crippen LogP contribution in [0.3, 0.4) is 0 Å². The van der Waals surface area contributed by atoms with Gasteiger partial charge in [0.05, 0.1) is 13.1 Å². The SMILES string of the molecule is CC(F)F.CNc1ncccc1N=CCN(/C=C\N)Cc1nccs1. The summed E-state index contributed by atoms with van der Waals surface area (Å²) in [5, 5.41) is 6.02. The predicted octanol–water partition coefficient (Wildman–Crippen LogP) is 3.49. The van der Waals surface area contributed by atoms with Crippen LogP contribution in [0.25, 0.3) is 0 Å². The molecule has 0 saturated heterocycles. The molecule has 136 valence electrons. The van der Waals surface area contributed by atoms with Gasteiger partial charge in [0.25, 0.3) is 0 Å². The van der Waals surface area contributed by atoms with Crippen molar-refractivity contribution >= 4 is 29.1 Å². The second-order valence-corrected chi connectivity index (χ2v) is 5.63. The van der Waals surface area contributed by atoms with Crippen molar-refractivity contribution in [2.24, 2.45) is 10.7 Å². The van der Waals surface area contributed by atoms with E-state index in [0.717, 1.165) is 23.4 Å². The first-order valence-electron chi connectivity index (χ1n) is 7.51. The van der Waals surface area contributed by atoms with E-state index in [1.807, 2.05) is 41.9 Å². The highest BCUT2D eigenvalue weighted by Crippen LogP contribution is 2.20. The maximum Gasteiger partial charge on any atom is 0.235 e. The number of halogens is 2. The fraction of sp³-hybridized carbons (Fsp3) is 0.312. The van der Waals surface area contributed by atoms with E-state index in [1.165, 1.54) is 6.20 Å². The van der Waals surface area contributed by atoms with Gasteiger partial charge in [-0.1, -0.05) is 0 Å². The third kappa shape index (κ3) is 8.75. The summed E-state index contributed by atoms with van der Waals surface area (Å²) >= 11 is 1.62. The van der Waals surface area contributed by atoms with Crippen LogP contribution in [-0.4, -0.2) is 41.1 Å². The molecule has 0 spiro atoms. The highest BCUT2D eigenvalue weighted by atomic mass is 32.1. The van der Waals surface area contributed by atoms with Gasteiger partial charge in [-0.05, 0) is 19.1 Å². The number of nitrogens with two attached hydrogens (primary N) is 1. The summed E-state index contributed by atoms with van der Waals surface area (Å²) in [7, 11) is 1.83. The molecule has 0 bridgehead atoms. The molecule has 0 radical (unpaired) electrons. The topological polar surface area (TPSA) is 79.4 Å². The Morgan fingerprint density at radius 1 is 1.40 bits per heavy atom. The Morgan fingerprint density at radius 3 is 2.76 bits per heavy atom. The van der Waals surface area contributed by atoms with Gasteiger partial charge in [0, 0.05) is 43.4 Å². The monoisotopic (exact) mass is 368 g/mol. The highest BCUT2D eigenvalue weighted by molar-refractivity contribution is 7.09. The number of anilines is 1. The van der Waals surface area contributed by atoms with Gasteiger partial charge < -0.3 is 16.0 Å². The van der Waals surface area contributed by atoms with Crippen LogP contribution >= 0.6 is 11.3 Å². The van der Waals surface area contributed by atoms with E-state index in [4.69, 9.17) is 5.73 Å². The van der Waals surface area contributed by atoms with Crippen molar-refractivity contribution in [1.82, 2.24) is 14.9 Å². The van der Waals surface area contributed by atoms with E-state index in [9.17, 15) is 8.78 Å². The van der Waals surface area contributed by atoms with Gasteiger partial charge in [-0.25, -0.2) is 18.7 Å². The molecule has 0 atom stereocenters. The lowest BCUT2D eigenvalue weighted by Crippen LogP contribution is -2.19. The molecule has 2 rings (SSSR count). The zero-order chi connectivity index (χ0) is 18.5. The van der Waals surface area contributed by atoms with E-state index in [1.54, 1.807) is 23.7 Å². The number of nitrogens with zero attached hydrogens (tertiary/aromatic N) is 4. The van der Waals surface area contributed by atoms with Crippen molar-refractivity contribution in [2.75, 3.05) is 18.9 Å². The minimum Gasteiger partial charge on any atom is -0.403 e. The summed E-state index contributed by atoms with van der Waals surface area (Å²) in [6.07, 6.45) is 6.55. The van der Waals surface area contributed by atoms with Gasteiger partial charge in [0.1, 0.15) is 10.7 Å². The second-order valence-electron chi connectivity index (χ2n) is 4.65. The van der Waals surface area contributed by atoms with Crippen LogP contribution in [0.4, 0.5) is 20.3 Å². The molecule has 0 unspecified atom stereocenters. The highest BCUT2D eigenvalue weighted by Gasteiger charge is 2.02. The van der Waals surface area contributed by atoms with Crippen molar-refractivity contribution in [2.45, 2.75) is 19.9 Å². The number of hydrogen-bond donors (Lipinski definition) is 2. The van der Waals surface area contributed by atoms with Crippen molar-refractivity contribution < 1.29 is 8.78 Å². The Balaban J connectivity index is 0.000000705. The molecule has 3 N–H and O–H groups in total. The lowest BCUT2D eigenvalue weighted by Gasteiger charge is -2.16. The van der Waals surface area contributed by atoms with Gasteiger partial charge in [-0.15, -0.1) is 11.3 Å². The maximum absolute atomic E-state index is 10.3. The van der Waals surface area contributed by atoms with Gasteiger partial charge >= 0.3 is 0 Å². The van der Waals surface area contributed by atoms with Crippen molar-refractivity contribution in [3.05, 3.63) is 47.3 Å². The quantitative estimate of drug-likeness (QED) is 0.732. The number of rotatable bonds is 7. The molecular weight excluding hydrogens is 346 g/mol. The van der Waals surface area contributed by atoms with Crippen molar-refractivity contribution in [1.29, 1.82) is 0 Å². The van der Waals surface area contributed by atoms with E-state index in [0.29, 0.717) is 13.1 Å². The zero-order valence-electron chi connectivity index (χ0n) is 14.1. The number of pyridine rings is 1. The van der Waals surface area contributed by atoms with Crippen LogP contribution in [0.5, 0.6) is 0 Å². The van der Waals surface area contributed by atoms with Gasteiger partial charge in [-0.3, -0.25) is 4.99 Å². The van der Waals surface area contributed by atoms with Crippen LogP contribution in [0.1, 0.15) is 11.9 Å². The molecule has 0 aliphatic carbocycles. The molecule has 25 heavy (non-hydrogen) atoms. The fourth-order valence-corrected chi connectivity index (χ4v) is 2.38. The van der Waals surface area contributed by atoms with Crippen LogP contribution in [0, 0.1) is 0 Å². The van der Waals surface area contributed by atoms with Crippen LogP contribution < -0.4 is 11.1 Å². The summed E-state index contributed by atoms with van der Waals surface area (Å²) in [6.45, 7) is 2.19. The number of aliphatic imine (C=N–C) groups is 1. The Morgan fingerprint density at radius 2 is 2.16 bits per heavy atom. The molecule has 9 heteroatoms. The molecule has 2 aromatic rings. The van der Waals surface area contributed by atoms with Crippen LogP contribution in [-0.2, 0) is 6.54 Å². The number of aromatic nitrogens is 2. The molecular formula is C16H22F2N6S. The molecule has 2 aromatic heterocycles. The summed E-state index contributed by atoms with van der Waals surface area (Å²) in [4.78, 5) is 15.0. The molecule has 0 amide bonds. The first-order chi connectivity index (χ1) is 12.1. The number of nitrogens with one attached hydrogen (secondary N) is 1. The first-order valence-corrected chi connectivity index (χ1v) is 8.39. The van der Waals surface area contributed by atoms with Gasteiger partial charge in [0.2, 0.25) is 6.43 Å². The number of alkyl halides is 2. The van der Waals surface area contributed by atoms with Crippen molar-refractivity contribution in [3.8, 4) is 0 Å².